The fraction of sp³-hybridized carbons (Fsp3) is 0.500. The van der Waals surface area contributed by atoms with Gasteiger partial charge in [-0.3, -0.25) is 0 Å². The van der Waals surface area contributed by atoms with Crippen LogP contribution in [0.4, 0.5) is 0 Å². The highest BCUT2D eigenvalue weighted by atomic mass is 16.6. The maximum absolute atomic E-state index is 12.1. The van der Waals surface area contributed by atoms with Crippen LogP contribution >= 0.6 is 0 Å². The Hall–Kier alpha value is -1.59. The van der Waals surface area contributed by atoms with E-state index in [0.717, 1.165) is 5.56 Å². The van der Waals surface area contributed by atoms with Crippen molar-refractivity contribution in [2.75, 3.05) is 34.5 Å². The van der Waals surface area contributed by atoms with Crippen LogP contribution < -0.4 is 4.74 Å². The summed E-state index contributed by atoms with van der Waals surface area (Å²) in [6.07, 6.45) is -0.437. The first-order valence-electron chi connectivity index (χ1n) is 5.95. The van der Waals surface area contributed by atoms with E-state index in [9.17, 15) is 4.79 Å². The summed E-state index contributed by atoms with van der Waals surface area (Å²) < 4.78 is 20.5. The number of hydrogen-bond donors (Lipinski definition) is 0. The highest BCUT2D eigenvalue weighted by molar-refractivity contribution is 5.92. The molecular formula is C14H20O5. The van der Waals surface area contributed by atoms with E-state index in [1.54, 1.807) is 26.4 Å². The third-order valence-electron chi connectivity index (χ3n) is 2.56. The van der Waals surface area contributed by atoms with Gasteiger partial charge in [-0.1, -0.05) is 6.07 Å². The molecule has 0 radical (unpaired) electrons. The van der Waals surface area contributed by atoms with Gasteiger partial charge in [-0.05, 0) is 24.6 Å². The molecule has 0 aliphatic carbocycles. The first kappa shape index (κ1) is 15.5. The third-order valence-corrected chi connectivity index (χ3v) is 2.56. The molecule has 0 N–H and O–H groups in total. The van der Waals surface area contributed by atoms with Crippen molar-refractivity contribution in [3.8, 4) is 5.75 Å². The van der Waals surface area contributed by atoms with Gasteiger partial charge >= 0.3 is 5.97 Å². The van der Waals surface area contributed by atoms with Crippen molar-refractivity contribution in [1.29, 1.82) is 0 Å². The SMILES string of the molecule is COCC(COC)OC(=O)c1ccc(C)cc1OC. The van der Waals surface area contributed by atoms with Gasteiger partial charge in [-0.25, -0.2) is 4.79 Å². The molecule has 0 aliphatic rings. The molecular weight excluding hydrogens is 248 g/mol. The molecule has 5 nitrogen and oxygen atoms in total. The van der Waals surface area contributed by atoms with E-state index in [-0.39, 0.29) is 13.2 Å². The summed E-state index contributed by atoms with van der Waals surface area (Å²) in [5.41, 5.74) is 1.41. The Morgan fingerprint density at radius 1 is 1.16 bits per heavy atom. The predicted molar refractivity (Wildman–Crippen MR) is 70.7 cm³/mol. The van der Waals surface area contributed by atoms with E-state index in [0.29, 0.717) is 11.3 Å². The van der Waals surface area contributed by atoms with Crippen molar-refractivity contribution < 1.29 is 23.7 Å². The van der Waals surface area contributed by atoms with Gasteiger partial charge in [0.2, 0.25) is 0 Å². The van der Waals surface area contributed by atoms with Gasteiger partial charge in [-0.2, -0.15) is 0 Å². The zero-order valence-corrected chi connectivity index (χ0v) is 11.8. The quantitative estimate of drug-likeness (QED) is 0.706. The molecule has 19 heavy (non-hydrogen) atoms. The largest absolute Gasteiger partial charge is 0.496 e. The van der Waals surface area contributed by atoms with Crippen molar-refractivity contribution in [3.63, 3.8) is 0 Å². The van der Waals surface area contributed by atoms with Crippen molar-refractivity contribution in [2.24, 2.45) is 0 Å². The molecule has 1 rings (SSSR count). The summed E-state index contributed by atoms with van der Waals surface area (Å²) >= 11 is 0. The number of hydrogen-bond acceptors (Lipinski definition) is 5. The molecule has 0 aromatic heterocycles. The molecule has 0 fully saturated rings. The summed E-state index contributed by atoms with van der Waals surface area (Å²) in [6, 6.07) is 5.31. The van der Waals surface area contributed by atoms with Gasteiger partial charge in [0, 0.05) is 14.2 Å². The second-order valence-electron chi connectivity index (χ2n) is 4.14. The topological polar surface area (TPSA) is 54.0 Å². The van der Waals surface area contributed by atoms with Crippen LogP contribution in [0.25, 0.3) is 0 Å². The van der Waals surface area contributed by atoms with Gasteiger partial charge in [-0.15, -0.1) is 0 Å². The zero-order chi connectivity index (χ0) is 14.3. The molecule has 0 aliphatic heterocycles. The molecule has 0 bridgehead atoms. The normalized spacial score (nSPS) is 10.6. The Balaban J connectivity index is 2.81. The van der Waals surface area contributed by atoms with Crippen molar-refractivity contribution in [2.45, 2.75) is 13.0 Å². The van der Waals surface area contributed by atoms with E-state index in [1.807, 2.05) is 13.0 Å². The van der Waals surface area contributed by atoms with Crippen molar-refractivity contribution >= 4 is 5.97 Å². The fourth-order valence-electron chi connectivity index (χ4n) is 1.67. The molecule has 0 heterocycles. The number of ether oxygens (including phenoxy) is 4. The maximum Gasteiger partial charge on any atom is 0.342 e. The Morgan fingerprint density at radius 2 is 1.79 bits per heavy atom. The maximum atomic E-state index is 12.1. The second-order valence-corrected chi connectivity index (χ2v) is 4.14. The number of rotatable bonds is 7. The third kappa shape index (κ3) is 4.54. The minimum atomic E-state index is -0.448. The summed E-state index contributed by atoms with van der Waals surface area (Å²) in [6.45, 7) is 2.50. The van der Waals surface area contributed by atoms with Crippen LogP contribution in [-0.4, -0.2) is 46.6 Å². The number of methoxy groups -OCH3 is 3. The van der Waals surface area contributed by atoms with Gasteiger partial charge in [0.25, 0.3) is 0 Å². The van der Waals surface area contributed by atoms with Crippen molar-refractivity contribution in [3.05, 3.63) is 29.3 Å². The van der Waals surface area contributed by atoms with Gasteiger partial charge in [0.15, 0.2) is 0 Å². The van der Waals surface area contributed by atoms with E-state index in [2.05, 4.69) is 0 Å². The van der Waals surface area contributed by atoms with Crippen LogP contribution in [-0.2, 0) is 14.2 Å². The summed E-state index contributed by atoms with van der Waals surface area (Å²) in [7, 11) is 4.61. The minimum absolute atomic E-state index is 0.285. The Kier molecular flexibility index (Phi) is 6.32. The summed E-state index contributed by atoms with van der Waals surface area (Å²) in [5.74, 6) is 0.0505. The lowest BCUT2D eigenvalue weighted by atomic mass is 10.1. The van der Waals surface area contributed by atoms with Crippen molar-refractivity contribution in [1.82, 2.24) is 0 Å². The summed E-state index contributed by atoms with van der Waals surface area (Å²) in [4.78, 5) is 12.1. The molecule has 0 atom stereocenters. The van der Waals surface area contributed by atoms with E-state index >= 15 is 0 Å². The molecule has 1 aromatic carbocycles. The van der Waals surface area contributed by atoms with Crippen LogP contribution in [0.1, 0.15) is 15.9 Å². The highest BCUT2D eigenvalue weighted by Crippen LogP contribution is 2.21. The van der Waals surface area contributed by atoms with Crippen LogP contribution in [0.3, 0.4) is 0 Å². The number of aryl methyl sites for hydroxylation is 1. The Morgan fingerprint density at radius 3 is 2.32 bits per heavy atom. The lowest BCUT2D eigenvalue weighted by Gasteiger charge is -2.17. The van der Waals surface area contributed by atoms with Crippen LogP contribution in [0.5, 0.6) is 5.75 Å². The summed E-state index contributed by atoms with van der Waals surface area (Å²) in [5, 5.41) is 0. The zero-order valence-electron chi connectivity index (χ0n) is 11.8. The predicted octanol–water partition coefficient (Wildman–Crippen LogP) is 1.82. The molecule has 0 spiro atoms. The second kappa shape index (κ2) is 7.76. The smallest absolute Gasteiger partial charge is 0.342 e. The van der Waals surface area contributed by atoms with Gasteiger partial charge in [0.05, 0.1) is 20.3 Å². The number of carbonyl (C=O) groups excluding carboxylic acids is 1. The Labute approximate surface area is 113 Å². The molecule has 0 unspecified atom stereocenters. The molecule has 0 saturated carbocycles. The average Bonchev–Trinajstić information content (AvgIpc) is 2.38. The number of carbonyl (C=O) groups is 1. The lowest BCUT2D eigenvalue weighted by molar-refractivity contribution is -0.0225. The van der Waals surface area contributed by atoms with Crippen LogP contribution in [0, 0.1) is 6.92 Å². The van der Waals surface area contributed by atoms with E-state index in [4.69, 9.17) is 18.9 Å². The lowest BCUT2D eigenvalue weighted by Crippen LogP contribution is -2.27. The number of benzene rings is 1. The van der Waals surface area contributed by atoms with Gasteiger partial charge < -0.3 is 18.9 Å². The Bertz CT molecular complexity index is 410. The first-order valence-corrected chi connectivity index (χ1v) is 5.95. The molecule has 106 valence electrons. The van der Waals surface area contributed by atoms with Gasteiger partial charge in [0.1, 0.15) is 17.4 Å². The first-order chi connectivity index (χ1) is 9.12. The molecule has 0 saturated heterocycles. The highest BCUT2D eigenvalue weighted by Gasteiger charge is 2.19. The minimum Gasteiger partial charge on any atom is -0.496 e. The number of esters is 1. The average molecular weight is 268 g/mol. The molecule has 1 aromatic rings. The monoisotopic (exact) mass is 268 g/mol. The molecule has 5 heteroatoms. The van der Waals surface area contributed by atoms with E-state index in [1.165, 1.54) is 7.11 Å². The fourth-order valence-corrected chi connectivity index (χ4v) is 1.67. The standard InChI is InChI=1S/C14H20O5/c1-10-5-6-12(13(7-10)18-4)14(15)19-11(8-16-2)9-17-3/h5-7,11H,8-9H2,1-4H3. The molecule has 0 amide bonds. The van der Waals surface area contributed by atoms with Crippen LogP contribution in [0.15, 0.2) is 18.2 Å². The van der Waals surface area contributed by atoms with E-state index < -0.39 is 12.1 Å². The van der Waals surface area contributed by atoms with Crippen LogP contribution in [0.2, 0.25) is 0 Å².